The number of imidazole rings is 2. The number of nitrogens with two attached hydrogens (primary N) is 1. The van der Waals surface area contributed by atoms with E-state index in [1.54, 1.807) is 29.2 Å². The molecule has 1 amide bonds. The maximum atomic E-state index is 13.3. The molecule has 0 aliphatic heterocycles. The van der Waals surface area contributed by atoms with Crippen molar-refractivity contribution in [3.05, 3.63) is 289 Å². The van der Waals surface area contributed by atoms with E-state index in [0.717, 1.165) is 177 Å². The SMILES string of the molecule is CCN(c1ccc(-c2cnn(C)c2)cc1)c1cc(-c2c(C)noc2C)ccc1C.CCN(c1ccc(-n2cnc(Cl)c2)c(Br)c1)c1cc(-c2c(C)noc2C)ccc1C.CCN(c1ccc(-n2cnc(F)c2)c(Br)c1)c1cc(-c2c(C)noc2C)ccc1C.CCN(c1ccc(C(N)=O)cc1)c1cc(-c2c(C)noc2C)ccc1C. The first-order chi connectivity index (χ1) is 55.2. The predicted molar refractivity (Wildman–Crippen MR) is 466 cm³/mol. The minimum atomic E-state index is -0.507. The molecule has 115 heavy (non-hydrogen) atoms. The number of primary amides is 1. The number of rotatable bonds is 20. The van der Waals surface area contributed by atoms with Crippen LogP contribution < -0.4 is 25.3 Å². The van der Waals surface area contributed by atoms with E-state index in [9.17, 15) is 9.18 Å². The van der Waals surface area contributed by atoms with E-state index >= 15 is 0 Å². The second kappa shape index (κ2) is 36.1. The lowest BCUT2D eigenvalue weighted by Crippen LogP contribution is -2.18. The number of hydrogen-bond acceptors (Lipinski definition) is 16. The summed E-state index contributed by atoms with van der Waals surface area (Å²) in [5.74, 6) is 2.37. The molecule has 0 saturated carbocycles. The lowest BCUT2D eigenvalue weighted by atomic mass is 10.0. The Balaban J connectivity index is 0.000000142. The molecule has 2 N–H and O–H groups in total. The first kappa shape index (κ1) is 82.5. The zero-order valence-corrected chi connectivity index (χ0v) is 71.6. The highest BCUT2D eigenvalue weighted by molar-refractivity contribution is 9.11. The van der Waals surface area contributed by atoms with E-state index in [1.165, 1.54) is 51.7 Å². The Labute approximate surface area is 692 Å². The minimum absolute atomic E-state index is 0.420. The number of nitrogens with zero attached hydrogens (tertiary/aromatic N) is 14. The van der Waals surface area contributed by atoms with E-state index in [4.69, 9.17) is 35.4 Å². The fourth-order valence-electron chi connectivity index (χ4n) is 14.6. The molecule has 8 aromatic carbocycles. The first-order valence-electron chi connectivity index (χ1n) is 37.9. The van der Waals surface area contributed by atoms with Gasteiger partial charge >= 0.3 is 0 Å². The Morgan fingerprint density at radius 1 is 0.417 bits per heavy atom. The molecule has 15 rings (SSSR count). The number of halogens is 4. The van der Waals surface area contributed by atoms with Crippen molar-refractivity contribution in [2.24, 2.45) is 12.8 Å². The van der Waals surface area contributed by atoms with Gasteiger partial charge in [0.25, 0.3) is 0 Å². The summed E-state index contributed by atoms with van der Waals surface area (Å²) < 4.78 is 42.0. The number of benzene rings is 8. The van der Waals surface area contributed by atoms with Crippen LogP contribution in [-0.4, -0.2) is 81.6 Å². The van der Waals surface area contributed by atoms with Crippen molar-refractivity contribution in [1.82, 2.24) is 49.5 Å². The quantitative estimate of drug-likeness (QED) is 0.0751. The normalized spacial score (nSPS) is 11.0. The Hall–Kier alpha value is -11.9. The molecule has 24 heteroatoms. The number of aromatic nitrogens is 10. The van der Waals surface area contributed by atoms with Crippen molar-refractivity contribution in [1.29, 1.82) is 0 Å². The van der Waals surface area contributed by atoms with Crippen LogP contribution in [0.2, 0.25) is 5.15 Å². The number of amides is 1. The molecule has 0 bridgehead atoms. The average molecular weight is 1690 g/mol. The smallest absolute Gasteiger partial charge is 0.248 e. The van der Waals surface area contributed by atoms with Gasteiger partial charge in [-0.3, -0.25) is 9.48 Å². The molecular weight excluding hydrogens is 1600 g/mol. The van der Waals surface area contributed by atoms with Crippen LogP contribution in [0.5, 0.6) is 0 Å². The number of carbonyl (C=O) groups excluding carboxylic acids is 1. The zero-order chi connectivity index (χ0) is 82.2. The van der Waals surface area contributed by atoms with Gasteiger partial charge in [0, 0.05) is 133 Å². The number of hydrogen-bond donors (Lipinski definition) is 1. The monoisotopic (exact) mass is 1690 g/mol. The summed E-state index contributed by atoms with van der Waals surface area (Å²) in [7, 11) is 1.94. The first-order valence-corrected chi connectivity index (χ1v) is 39.9. The second-order valence-corrected chi connectivity index (χ2v) is 30.2. The summed E-state index contributed by atoms with van der Waals surface area (Å²) in [4.78, 5) is 28.2. The van der Waals surface area contributed by atoms with E-state index in [0.29, 0.717) is 10.7 Å². The van der Waals surface area contributed by atoms with Gasteiger partial charge in [0.15, 0.2) is 0 Å². The summed E-state index contributed by atoms with van der Waals surface area (Å²) in [6, 6.07) is 54.1. The molecule has 7 aromatic heterocycles. The van der Waals surface area contributed by atoms with E-state index in [-0.39, 0.29) is 0 Å². The third-order valence-electron chi connectivity index (χ3n) is 20.4. The molecule has 20 nitrogen and oxygen atoms in total. The van der Waals surface area contributed by atoms with Crippen LogP contribution in [0.3, 0.4) is 0 Å². The third-order valence-corrected chi connectivity index (χ3v) is 21.8. The van der Waals surface area contributed by atoms with Gasteiger partial charge in [0.1, 0.15) is 40.8 Å². The van der Waals surface area contributed by atoms with Crippen molar-refractivity contribution in [3.63, 3.8) is 0 Å². The van der Waals surface area contributed by atoms with Gasteiger partial charge in [-0.25, -0.2) is 9.97 Å². The molecule has 0 spiro atoms. The highest BCUT2D eigenvalue weighted by atomic mass is 79.9. The van der Waals surface area contributed by atoms with E-state index in [2.05, 4.69) is 258 Å². The number of aryl methyl sites for hydroxylation is 13. The Morgan fingerprint density at radius 3 is 1.02 bits per heavy atom. The van der Waals surface area contributed by atoms with Gasteiger partial charge in [-0.15, -0.1) is 0 Å². The maximum absolute atomic E-state index is 13.3. The second-order valence-electron chi connectivity index (χ2n) is 28.1. The maximum Gasteiger partial charge on any atom is 0.248 e. The van der Waals surface area contributed by atoms with Crippen LogP contribution in [0.1, 0.15) is 106 Å². The molecule has 590 valence electrons. The molecule has 0 atom stereocenters. The Bertz CT molecular complexity index is 5680. The van der Waals surface area contributed by atoms with E-state index < -0.39 is 11.9 Å². The molecule has 0 saturated heterocycles. The van der Waals surface area contributed by atoms with Crippen LogP contribution in [-0.2, 0) is 7.05 Å². The van der Waals surface area contributed by atoms with Crippen LogP contribution in [0, 0.1) is 89.0 Å². The Morgan fingerprint density at radius 2 is 0.739 bits per heavy atom. The lowest BCUT2D eigenvalue weighted by Gasteiger charge is -2.26. The highest BCUT2D eigenvalue weighted by Gasteiger charge is 2.23. The number of carbonyl (C=O) groups is 1. The fourth-order valence-corrected chi connectivity index (χ4v) is 15.9. The average Bonchev–Trinajstić information content (AvgIpc) is 1.76. The third kappa shape index (κ3) is 18.2. The zero-order valence-electron chi connectivity index (χ0n) is 67.7. The molecule has 15 aromatic rings. The van der Waals surface area contributed by atoms with Crippen molar-refractivity contribution in [2.75, 3.05) is 45.8 Å². The van der Waals surface area contributed by atoms with Gasteiger partial charge in [0.2, 0.25) is 11.9 Å². The fraction of sp³-hybridized carbons (Fsp3) is 0.231. The van der Waals surface area contributed by atoms with Crippen LogP contribution >= 0.6 is 43.5 Å². The van der Waals surface area contributed by atoms with Crippen LogP contribution in [0.15, 0.2) is 222 Å². The molecular formula is C91H93Br2ClFN15O5. The van der Waals surface area contributed by atoms with Crippen molar-refractivity contribution < 1.29 is 27.3 Å². The molecule has 7 heterocycles. The summed E-state index contributed by atoms with van der Waals surface area (Å²) in [6.07, 6.45) is 10.2. The molecule has 0 radical (unpaired) electrons. The van der Waals surface area contributed by atoms with E-state index in [1.807, 2.05) is 114 Å². The highest BCUT2D eigenvalue weighted by Crippen LogP contribution is 2.42. The largest absolute Gasteiger partial charge is 0.366 e. The van der Waals surface area contributed by atoms with Gasteiger partial charge in [0.05, 0.1) is 46.5 Å². The van der Waals surface area contributed by atoms with Crippen molar-refractivity contribution in [2.45, 2.75) is 111 Å². The van der Waals surface area contributed by atoms with Crippen molar-refractivity contribution in [3.8, 4) is 67.0 Å². The van der Waals surface area contributed by atoms with Gasteiger partial charge in [-0.05, 0) is 290 Å². The lowest BCUT2D eigenvalue weighted by molar-refractivity contribution is 0.1000. The summed E-state index contributed by atoms with van der Waals surface area (Å²) in [5, 5.41) is 21.1. The number of anilines is 8. The van der Waals surface area contributed by atoms with Crippen molar-refractivity contribution >= 4 is 94.9 Å². The summed E-state index contributed by atoms with van der Waals surface area (Å²) in [5.41, 5.74) is 35.8. The minimum Gasteiger partial charge on any atom is -0.366 e. The van der Waals surface area contributed by atoms with Crippen LogP contribution in [0.25, 0.3) is 67.0 Å². The summed E-state index contributed by atoms with van der Waals surface area (Å²) in [6.45, 7) is 35.9. The summed E-state index contributed by atoms with van der Waals surface area (Å²) >= 11 is 13.3. The van der Waals surface area contributed by atoms with Gasteiger partial charge in [-0.2, -0.15) is 9.49 Å². The molecule has 0 unspecified atom stereocenters. The Kier molecular flexibility index (Phi) is 25.9. The predicted octanol–water partition coefficient (Wildman–Crippen LogP) is 23.9. The van der Waals surface area contributed by atoms with Gasteiger partial charge in [-0.1, -0.05) is 92.9 Å². The van der Waals surface area contributed by atoms with Gasteiger partial charge < -0.3 is 52.6 Å². The molecule has 0 fully saturated rings. The molecule has 0 aliphatic carbocycles. The van der Waals surface area contributed by atoms with Crippen LogP contribution in [0.4, 0.5) is 49.9 Å². The topological polar surface area (TPSA) is 214 Å². The molecule has 0 aliphatic rings. The standard InChI is InChI=1S/C24H26N4O.C23H22BrClN4O.C23H22BrFN4O.C21H23N3O2/c1-6-28(22-11-9-19(10-12-22)21-14-25-27(5)15-21)23-13-20(8-7-16(23)2)24-17(3)26-29-18(24)4;2*1-5-29(18-8-9-20(19(24)11-18)28-12-22(25)26-13-28)21-10-17(7-6-14(21)2)23-15(3)27-30-16(23)4;1-5-24(18-10-8-16(9-11-18)21(22)25)19-12-17(7-6-13(19)2)20-14(3)23-26-15(20)4/h7-15H,6H2,1-5H3;2*6-13H,5H2,1-4H3;6-12H,5H2,1-4H3,(H2,22,25).